The molecule has 0 radical (unpaired) electrons. The minimum absolute atomic E-state index is 0.0467. The molecule has 2 atom stereocenters. The molecule has 3 saturated heterocycles. The molecule has 0 saturated carbocycles. The lowest BCUT2D eigenvalue weighted by molar-refractivity contribution is -0.145. The Bertz CT molecular complexity index is 1790. The number of hydrogen-bond acceptors (Lipinski definition) is 10. The van der Waals surface area contributed by atoms with E-state index < -0.39 is 35.5 Å². The number of nitrogens with two attached hydrogens (primary N) is 1. The number of rotatable bonds is 12. The lowest BCUT2D eigenvalue weighted by atomic mass is 10.0. The SMILES string of the molecule is CN(C)CCCOC(=O)CN1CC[C@@H](N2CCN(C(=O)[C@@H](Cc3cc(Cl)c(N)c(C(F)(F)F)c3)OC(=O)N3CCC(N4CCc5ccccc5NC4=O)CC3)CC2)C1. The number of carbonyl (C=O) groups is 4. The number of piperazine rings is 1. The number of hydrogen-bond donors (Lipinski definition) is 2. The van der Waals surface area contributed by atoms with Crippen LogP contribution in [0.25, 0.3) is 0 Å². The summed E-state index contributed by atoms with van der Waals surface area (Å²) >= 11 is 6.14. The molecule has 3 N–H and O–H groups in total. The van der Waals surface area contributed by atoms with Gasteiger partial charge in [-0.1, -0.05) is 29.8 Å². The zero-order valence-corrected chi connectivity index (χ0v) is 33.9. The predicted molar refractivity (Wildman–Crippen MR) is 212 cm³/mol. The fraction of sp³-hybridized carbons (Fsp3) is 0.600. The van der Waals surface area contributed by atoms with Crippen molar-refractivity contribution >= 4 is 47.0 Å². The van der Waals surface area contributed by atoms with E-state index in [1.807, 2.05) is 43.3 Å². The summed E-state index contributed by atoms with van der Waals surface area (Å²) in [6.07, 6.45) is -4.06. The summed E-state index contributed by atoms with van der Waals surface area (Å²) in [5, 5.41) is 2.67. The largest absolute Gasteiger partial charge is 0.465 e. The van der Waals surface area contributed by atoms with Crippen molar-refractivity contribution in [3.63, 3.8) is 0 Å². The lowest BCUT2D eigenvalue weighted by Crippen LogP contribution is -2.55. The number of esters is 1. The Morgan fingerprint density at radius 2 is 1.67 bits per heavy atom. The highest BCUT2D eigenvalue weighted by Crippen LogP contribution is 2.38. The standard InChI is InChI=1S/C40H54ClF3N8O6/c1-47(2)12-5-21-57-35(53)26-48-13-9-30(25-48)49-17-19-50(20-18-49)37(54)34(24-27-22-31(40(42,43)44)36(45)32(41)23-27)58-39(56)51-14-10-29(11-15-51)52-16-8-28-6-3-4-7-33(28)46-38(52)55/h3-4,6-7,22-23,29-30,34H,5,8-21,24-26,45H2,1-2H3,(H,46,55)/t30-,34-/m1/s1. The Morgan fingerprint density at radius 1 is 0.966 bits per heavy atom. The number of nitrogen functional groups attached to an aromatic ring is 1. The van der Waals surface area contributed by atoms with Crippen molar-refractivity contribution in [2.45, 2.75) is 62.9 Å². The Balaban J connectivity index is 1.06. The van der Waals surface area contributed by atoms with Crippen molar-refractivity contribution in [3.05, 3.63) is 58.1 Å². The summed E-state index contributed by atoms with van der Waals surface area (Å²) in [4.78, 5) is 64.6. The third kappa shape index (κ3) is 11.0. The number of benzene rings is 2. The summed E-state index contributed by atoms with van der Waals surface area (Å²) in [6.45, 7) is 5.63. The van der Waals surface area contributed by atoms with Crippen molar-refractivity contribution in [1.82, 2.24) is 29.4 Å². The third-order valence-corrected chi connectivity index (χ3v) is 11.8. The number of halogens is 4. The van der Waals surface area contributed by atoms with Crippen molar-refractivity contribution in [2.24, 2.45) is 0 Å². The van der Waals surface area contributed by atoms with E-state index in [1.165, 1.54) is 11.0 Å². The number of urea groups is 1. The van der Waals surface area contributed by atoms with Crippen LogP contribution in [0.15, 0.2) is 36.4 Å². The Hall–Kier alpha value is -4.32. The van der Waals surface area contributed by atoms with Gasteiger partial charge in [-0.25, -0.2) is 9.59 Å². The number of fused-ring (bicyclic) bond motifs is 1. The molecule has 18 heteroatoms. The van der Waals surface area contributed by atoms with E-state index in [2.05, 4.69) is 15.1 Å². The first-order valence-corrected chi connectivity index (χ1v) is 20.4. The van der Waals surface area contributed by atoms with Crippen molar-refractivity contribution in [1.29, 1.82) is 0 Å². The van der Waals surface area contributed by atoms with Gasteiger partial charge < -0.3 is 40.1 Å². The van der Waals surface area contributed by atoms with Crippen molar-refractivity contribution in [3.8, 4) is 0 Å². The number of nitrogens with one attached hydrogen (secondary N) is 1. The van der Waals surface area contributed by atoms with Gasteiger partial charge in [0, 0.05) is 89.6 Å². The van der Waals surface area contributed by atoms with Gasteiger partial charge in [0.2, 0.25) is 0 Å². The summed E-state index contributed by atoms with van der Waals surface area (Å²) in [5.41, 5.74) is 5.80. The zero-order valence-electron chi connectivity index (χ0n) is 33.1. The maximum Gasteiger partial charge on any atom is 0.418 e. The number of carbonyl (C=O) groups excluding carboxylic acids is 4. The average molecular weight is 835 g/mol. The maximum atomic E-state index is 14.1. The number of amides is 4. The van der Waals surface area contributed by atoms with Crippen LogP contribution in [0.3, 0.4) is 0 Å². The van der Waals surface area contributed by atoms with Gasteiger partial charge in [-0.3, -0.25) is 19.4 Å². The highest BCUT2D eigenvalue weighted by molar-refractivity contribution is 6.33. The van der Waals surface area contributed by atoms with Crippen LogP contribution in [0.4, 0.5) is 34.1 Å². The molecule has 4 aliphatic heterocycles. The second-order valence-corrected chi connectivity index (χ2v) is 16.2. The zero-order chi connectivity index (χ0) is 41.6. The summed E-state index contributed by atoms with van der Waals surface area (Å²) in [7, 11) is 3.93. The number of alkyl halides is 3. The van der Waals surface area contributed by atoms with Crippen LogP contribution in [0.2, 0.25) is 5.02 Å². The van der Waals surface area contributed by atoms with Crippen molar-refractivity contribution < 1.29 is 41.8 Å². The minimum atomic E-state index is -4.80. The second kappa shape index (κ2) is 19.2. The van der Waals surface area contributed by atoms with Crippen LogP contribution in [0.1, 0.15) is 42.4 Å². The normalized spacial score (nSPS) is 20.4. The van der Waals surface area contributed by atoms with Gasteiger partial charge in [0.1, 0.15) is 0 Å². The number of piperidine rings is 1. The van der Waals surface area contributed by atoms with Gasteiger partial charge in [-0.15, -0.1) is 0 Å². The van der Waals surface area contributed by atoms with Crippen LogP contribution < -0.4 is 11.1 Å². The van der Waals surface area contributed by atoms with E-state index in [1.54, 1.807) is 9.80 Å². The quantitative estimate of drug-likeness (QED) is 0.181. The number of ether oxygens (including phenoxy) is 2. The summed E-state index contributed by atoms with van der Waals surface area (Å²) < 4.78 is 53.0. The van der Waals surface area contributed by atoms with E-state index in [0.717, 1.165) is 43.2 Å². The van der Waals surface area contributed by atoms with Gasteiger partial charge in [0.15, 0.2) is 6.10 Å². The third-order valence-electron chi connectivity index (χ3n) is 11.5. The molecule has 58 heavy (non-hydrogen) atoms. The first kappa shape index (κ1) is 43.3. The maximum absolute atomic E-state index is 14.1. The van der Waals surface area contributed by atoms with E-state index >= 15 is 0 Å². The van der Waals surface area contributed by atoms with Gasteiger partial charge in [0.05, 0.1) is 29.4 Å². The minimum Gasteiger partial charge on any atom is -0.465 e. The molecule has 0 unspecified atom stereocenters. The fourth-order valence-electron chi connectivity index (χ4n) is 8.27. The molecule has 4 amide bonds. The van der Waals surface area contributed by atoms with Gasteiger partial charge in [-0.2, -0.15) is 13.2 Å². The number of anilines is 2. The van der Waals surface area contributed by atoms with Crippen LogP contribution in [-0.4, -0.2) is 164 Å². The molecule has 0 aliphatic carbocycles. The van der Waals surface area contributed by atoms with Crippen molar-refractivity contribution in [2.75, 3.05) is 104 Å². The molecule has 4 heterocycles. The van der Waals surface area contributed by atoms with Crippen LogP contribution >= 0.6 is 11.6 Å². The van der Waals surface area contributed by atoms with E-state index in [9.17, 15) is 32.3 Å². The van der Waals surface area contributed by atoms with Crippen LogP contribution in [0, 0.1) is 0 Å². The molecule has 3 fully saturated rings. The first-order valence-electron chi connectivity index (χ1n) is 20.0. The predicted octanol–water partition coefficient (Wildman–Crippen LogP) is 4.26. The molecule has 2 aromatic carbocycles. The molecule has 0 bridgehead atoms. The van der Waals surface area contributed by atoms with E-state index in [4.69, 9.17) is 26.8 Å². The molecule has 6 rings (SSSR count). The summed E-state index contributed by atoms with van der Waals surface area (Å²) in [5.74, 6) is -0.768. The van der Waals surface area contributed by atoms with Gasteiger partial charge in [0.25, 0.3) is 5.91 Å². The highest BCUT2D eigenvalue weighted by Gasteiger charge is 2.39. The number of likely N-dealkylation sites (tertiary alicyclic amines) is 2. The molecule has 0 spiro atoms. The monoisotopic (exact) mass is 834 g/mol. The molecular formula is C40H54ClF3N8O6. The van der Waals surface area contributed by atoms with Gasteiger partial charge in [-0.05, 0) is 75.5 Å². The fourth-order valence-corrected chi connectivity index (χ4v) is 8.52. The Kier molecular flexibility index (Phi) is 14.3. The highest BCUT2D eigenvalue weighted by atomic mass is 35.5. The smallest absolute Gasteiger partial charge is 0.418 e. The number of para-hydroxylation sites is 1. The first-order chi connectivity index (χ1) is 27.7. The Labute approximate surface area is 342 Å². The second-order valence-electron chi connectivity index (χ2n) is 15.8. The van der Waals surface area contributed by atoms with E-state index in [-0.39, 0.29) is 60.7 Å². The van der Waals surface area contributed by atoms with Gasteiger partial charge >= 0.3 is 24.3 Å². The van der Waals surface area contributed by atoms with Crippen LogP contribution in [-0.2, 0) is 38.1 Å². The van der Waals surface area contributed by atoms with E-state index in [0.29, 0.717) is 65.1 Å². The molecule has 318 valence electrons. The molecule has 14 nitrogen and oxygen atoms in total. The molecular weight excluding hydrogens is 781 g/mol. The van der Waals surface area contributed by atoms with Crippen LogP contribution in [0.5, 0.6) is 0 Å². The molecule has 4 aliphatic rings. The average Bonchev–Trinajstić information content (AvgIpc) is 3.58. The Morgan fingerprint density at radius 3 is 2.38 bits per heavy atom. The molecule has 2 aromatic rings. The summed E-state index contributed by atoms with van der Waals surface area (Å²) in [6, 6.07) is 9.63. The molecule has 0 aromatic heterocycles. The number of nitrogens with zero attached hydrogens (tertiary/aromatic N) is 6. The lowest BCUT2D eigenvalue weighted by Gasteiger charge is -2.40. The topological polar surface area (TPSA) is 144 Å².